The molecule has 1 atom stereocenters. The summed E-state index contributed by atoms with van der Waals surface area (Å²) in [5, 5.41) is 3.43. The lowest BCUT2D eigenvalue weighted by Gasteiger charge is -2.07. The summed E-state index contributed by atoms with van der Waals surface area (Å²) in [7, 11) is 0. The van der Waals surface area contributed by atoms with Gasteiger partial charge in [0.1, 0.15) is 11.5 Å². The molecule has 0 aliphatic carbocycles. The van der Waals surface area contributed by atoms with Gasteiger partial charge in [-0.3, -0.25) is 0 Å². The van der Waals surface area contributed by atoms with Crippen LogP contribution in [0.3, 0.4) is 0 Å². The number of ether oxygens (including phenoxy) is 1. The maximum atomic E-state index is 5.69. The van der Waals surface area contributed by atoms with Crippen LogP contribution in [-0.4, -0.2) is 26.0 Å². The van der Waals surface area contributed by atoms with Crippen LogP contribution in [0.2, 0.25) is 0 Å². The van der Waals surface area contributed by atoms with Gasteiger partial charge in [-0.2, -0.15) is 11.8 Å². The van der Waals surface area contributed by atoms with Crippen molar-refractivity contribution in [2.24, 2.45) is 5.92 Å². The molecule has 2 rings (SSSR count). The second-order valence-electron chi connectivity index (χ2n) is 4.50. The van der Waals surface area contributed by atoms with Crippen molar-refractivity contribution >= 4 is 11.8 Å². The maximum Gasteiger partial charge on any atom is 0.117 e. The lowest BCUT2D eigenvalue weighted by atomic mass is 10.1. The summed E-state index contributed by atoms with van der Waals surface area (Å²) >= 11 is 1.79. The van der Waals surface area contributed by atoms with Crippen LogP contribution < -0.4 is 5.32 Å². The summed E-state index contributed by atoms with van der Waals surface area (Å²) in [5.41, 5.74) is 0. The summed E-state index contributed by atoms with van der Waals surface area (Å²) in [5.74, 6) is 3.82. The molecule has 17 heavy (non-hydrogen) atoms. The van der Waals surface area contributed by atoms with Gasteiger partial charge in [0.05, 0.1) is 12.3 Å². The van der Waals surface area contributed by atoms with Crippen molar-refractivity contribution in [2.45, 2.75) is 25.1 Å². The zero-order valence-corrected chi connectivity index (χ0v) is 11.2. The first kappa shape index (κ1) is 13.0. The van der Waals surface area contributed by atoms with Crippen LogP contribution in [0.15, 0.2) is 16.5 Å². The fourth-order valence-corrected chi connectivity index (χ4v) is 2.51. The van der Waals surface area contributed by atoms with Gasteiger partial charge in [0.2, 0.25) is 0 Å². The third-order valence-electron chi connectivity index (χ3n) is 3.06. The minimum atomic E-state index is 0.756. The molecule has 0 bridgehead atoms. The molecule has 0 aromatic carbocycles. The van der Waals surface area contributed by atoms with Gasteiger partial charge in [-0.05, 0) is 43.7 Å². The summed E-state index contributed by atoms with van der Waals surface area (Å²) in [6.07, 6.45) is 4.52. The second-order valence-corrected chi connectivity index (χ2v) is 5.36. The van der Waals surface area contributed by atoms with Gasteiger partial charge in [0, 0.05) is 13.2 Å². The SMILES string of the molecule is CSCc1ccc(CNCCC2CCOC2)o1. The highest BCUT2D eigenvalue weighted by atomic mass is 32.2. The van der Waals surface area contributed by atoms with Gasteiger partial charge >= 0.3 is 0 Å². The molecular formula is C13H21NO2S. The third-order valence-corrected chi connectivity index (χ3v) is 3.63. The van der Waals surface area contributed by atoms with Crippen LogP contribution in [0, 0.1) is 5.92 Å². The highest BCUT2D eigenvalue weighted by molar-refractivity contribution is 7.97. The van der Waals surface area contributed by atoms with E-state index in [1.54, 1.807) is 11.8 Å². The molecule has 1 saturated heterocycles. The fraction of sp³-hybridized carbons (Fsp3) is 0.692. The normalized spacial score (nSPS) is 19.9. The number of nitrogens with one attached hydrogen (secondary N) is 1. The Morgan fingerprint density at radius 1 is 1.41 bits per heavy atom. The van der Waals surface area contributed by atoms with Gasteiger partial charge < -0.3 is 14.5 Å². The predicted molar refractivity (Wildman–Crippen MR) is 71.2 cm³/mol. The van der Waals surface area contributed by atoms with Gasteiger partial charge in [-0.15, -0.1) is 0 Å². The molecule has 1 aliphatic heterocycles. The van der Waals surface area contributed by atoms with E-state index in [2.05, 4.69) is 23.7 Å². The average molecular weight is 255 g/mol. The first-order valence-electron chi connectivity index (χ1n) is 6.23. The number of thioether (sulfide) groups is 1. The highest BCUT2D eigenvalue weighted by Gasteiger charge is 2.14. The largest absolute Gasteiger partial charge is 0.464 e. The first-order chi connectivity index (χ1) is 8.38. The molecule has 1 N–H and O–H groups in total. The van der Waals surface area contributed by atoms with Crippen LogP contribution in [0.25, 0.3) is 0 Å². The zero-order chi connectivity index (χ0) is 11.9. The Bertz CT molecular complexity index is 321. The van der Waals surface area contributed by atoms with E-state index in [4.69, 9.17) is 9.15 Å². The smallest absolute Gasteiger partial charge is 0.117 e. The van der Waals surface area contributed by atoms with Crippen LogP contribution in [0.1, 0.15) is 24.4 Å². The van der Waals surface area contributed by atoms with Crippen molar-refractivity contribution in [3.05, 3.63) is 23.7 Å². The molecule has 1 unspecified atom stereocenters. The molecule has 0 saturated carbocycles. The molecule has 1 fully saturated rings. The molecule has 1 aromatic rings. The Morgan fingerprint density at radius 2 is 2.29 bits per heavy atom. The Kier molecular flexibility index (Phi) is 5.42. The van der Waals surface area contributed by atoms with Crippen LogP contribution in [0.5, 0.6) is 0 Å². The van der Waals surface area contributed by atoms with Crippen molar-refractivity contribution < 1.29 is 9.15 Å². The second kappa shape index (κ2) is 7.09. The number of hydrogen-bond donors (Lipinski definition) is 1. The molecule has 3 nitrogen and oxygen atoms in total. The van der Waals surface area contributed by atoms with E-state index in [1.807, 2.05) is 0 Å². The minimum Gasteiger partial charge on any atom is -0.464 e. The number of rotatable bonds is 7. The zero-order valence-electron chi connectivity index (χ0n) is 10.4. The third kappa shape index (κ3) is 4.37. The van der Waals surface area contributed by atoms with E-state index >= 15 is 0 Å². The lowest BCUT2D eigenvalue weighted by molar-refractivity contribution is 0.184. The molecule has 0 amide bonds. The Hall–Kier alpha value is -0.450. The van der Waals surface area contributed by atoms with Crippen molar-refractivity contribution in [2.75, 3.05) is 26.0 Å². The summed E-state index contributed by atoms with van der Waals surface area (Å²) in [6, 6.07) is 4.13. The predicted octanol–water partition coefficient (Wildman–Crippen LogP) is 2.66. The van der Waals surface area contributed by atoms with E-state index < -0.39 is 0 Å². The quantitative estimate of drug-likeness (QED) is 0.760. The molecule has 1 aromatic heterocycles. The minimum absolute atomic E-state index is 0.756. The van der Waals surface area contributed by atoms with Crippen molar-refractivity contribution in [3.8, 4) is 0 Å². The molecule has 1 aliphatic rings. The molecular weight excluding hydrogens is 234 g/mol. The summed E-state index contributed by atoms with van der Waals surface area (Å²) in [6.45, 7) is 3.77. The fourth-order valence-electron chi connectivity index (χ4n) is 2.07. The topological polar surface area (TPSA) is 34.4 Å². The van der Waals surface area contributed by atoms with Crippen molar-refractivity contribution in [1.82, 2.24) is 5.32 Å². The van der Waals surface area contributed by atoms with E-state index in [1.165, 1.54) is 12.8 Å². The molecule has 96 valence electrons. The molecule has 0 spiro atoms. The first-order valence-corrected chi connectivity index (χ1v) is 7.63. The number of furan rings is 1. The molecule has 0 radical (unpaired) electrons. The van der Waals surface area contributed by atoms with Crippen LogP contribution in [0.4, 0.5) is 0 Å². The standard InChI is InChI=1S/C13H21NO2S/c1-17-10-13-3-2-12(16-13)8-14-6-4-11-5-7-15-9-11/h2-3,11,14H,4-10H2,1H3. The summed E-state index contributed by atoms with van der Waals surface area (Å²) < 4.78 is 11.0. The highest BCUT2D eigenvalue weighted by Crippen LogP contribution is 2.16. The van der Waals surface area contributed by atoms with Crippen molar-refractivity contribution in [1.29, 1.82) is 0 Å². The van der Waals surface area contributed by atoms with Gasteiger partial charge in [-0.25, -0.2) is 0 Å². The van der Waals surface area contributed by atoms with E-state index in [0.29, 0.717) is 0 Å². The van der Waals surface area contributed by atoms with Crippen molar-refractivity contribution in [3.63, 3.8) is 0 Å². The Morgan fingerprint density at radius 3 is 3.06 bits per heavy atom. The molecule has 4 heteroatoms. The van der Waals surface area contributed by atoms with Crippen LogP contribution >= 0.6 is 11.8 Å². The number of hydrogen-bond acceptors (Lipinski definition) is 4. The van der Waals surface area contributed by atoms with Crippen LogP contribution in [-0.2, 0) is 17.0 Å². The Balaban J connectivity index is 1.60. The average Bonchev–Trinajstić information content (AvgIpc) is 2.96. The molecule has 2 heterocycles. The monoisotopic (exact) mass is 255 g/mol. The Labute approximate surface area is 107 Å². The summed E-state index contributed by atoms with van der Waals surface area (Å²) in [4.78, 5) is 0. The van der Waals surface area contributed by atoms with E-state index in [-0.39, 0.29) is 0 Å². The van der Waals surface area contributed by atoms with Gasteiger partial charge in [-0.1, -0.05) is 0 Å². The van der Waals surface area contributed by atoms with Gasteiger partial charge in [0.25, 0.3) is 0 Å². The van der Waals surface area contributed by atoms with E-state index in [0.717, 1.165) is 49.5 Å². The van der Waals surface area contributed by atoms with Gasteiger partial charge in [0.15, 0.2) is 0 Å². The van der Waals surface area contributed by atoms with E-state index in [9.17, 15) is 0 Å². The maximum absolute atomic E-state index is 5.69. The lowest BCUT2D eigenvalue weighted by Crippen LogP contribution is -2.17.